The molecule has 0 amide bonds. The molecule has 0 unspecified atom stereocenters. The molecule has 0 aliphatic heterocycles. The Kier molecular flexibility index (Phi) is 5.98. The van der Waals surface area contributed by atoms with Crippen LogP contribution in [0.3, 0.4) is 0 Å². The van der Waals surface area contributed by atoms with Crippen LogP contribution in [0.4, 0.5) is 23.0 Å². The van der Waals surface area contributed by atoms with Crippen LogP contribution in [-0.2, 0) is 10.0 Å². The molecule has 10 heteroatoms. The minimum Gasteiger partial charge on any atom is -0.495 e. The van der Waals surface area contributed by atoms with Gasteiger partial charge in [0.2, 0.25) is 10.0 Å². The van der Waals surface area contributed by atoms with Crippen molar-refractivity contribution in [2.24, 2.45) is 0 Å². The summed E-state index contributed by atoms with van der Waals surface area (Å²) >= 11 is 5.89. The summed E-state index contributed by atoms with van der Waals surface area (Å²) in [6.07, 6.45) is 1.39. The Labute approximate surface area is 168 Å². The number of sulfonamides is 1. The zero-order valence-corrected chi connectivity index (χ0v) is 16.7. The zero-order chi connectivity index (χ0) is 20.1. The van der Waals surface area contributed by atoms with Crippen LogP contribution in [0.5, 0.6) is 5.75 Å². The van der Waals surface area contributed by atoms with Crippen LogP contribution in [0.1, 0.15) is 0 Å². The molecular weight excluding hydrogens is 402 g/mol. The molecule has 0 saturated carbocycles. The van der Waals surface area contributed by atoms with Crippen molar-refractivity contribution in [3.05, 3.63) is 59.9 Å². The fraction of sp³-hybridized carbons (Fsp3) is 0.111. The van der Waals surface area contributed by atoms with Crippen molar-refractivity contribution < 1.29 is 13.2 Å². The summed E-state index contributed by atoms with van der Waals surface area (Å²) in [5.41, 5.74) is 1.27. The summed E-state index contributed by atoms with van der Waals surface area (Å²) in [6.45, 7) is 0. The van der Waals surface area contributed by atoms with Crippen LogP contribution in [0, 0.1) is 0 Å². The Bertz CT molecular complexity index is 1070. The largest absolute Gasteiger partial charge is 0.495 e. The maximum absolute atomic E-state index is 12.1. The van der Waals surface area contributed by atoms with E-state index in [0.29, 0.717) is 28.1 Å². The summed E-state index contributed by atoms with van der Waals surface area (Å²) in [6, 6.07) is 13.4. The maximum atomic E-state index is 12.1. The van der Waals surface area contributed by atoms with Gasteiger partial charge in [-0.25, -0.2) is 23.1 Å². The Morgan fingerprint density at radius 3 is 2.29 bits per heavy atom. The van der Waals surface area contributed by atoms with Gasteiger partial charge in [0.1, 0.15) is 23.7 Å². The van der Waals surface area contributed by atoms with E-state index in [4.69, 9.17) is 16.3 Å². The quantitative estimate of drug-likeness (QED) is 0.537. The number of aromatic nitrogens is 2. The summed E-state index contributed by atoms with van der Waals surface area (Å²) in [4.78, 5) is 8.46. The van der Waals surface area contributed by atoms with Gasteiger partial charge in [-0.3, -0.25) is 0 Å². The molecule has 0 saturated heterocycles. The lowest BCUT2D eigenvalue weighted by Gasteiger charge is -2.13. The van der Waals surface area contributed by atoms with Crippen molar-refractivity contribution >= 4 is 44.6 Å². The van der Waals surface area contributed by atoms with Crippen LogP contribution >= 0.6 is 11.6 Å². The summed E-state index contributed by atoms with van der Waals surface area (Å²) < 4.78 is 31.7. The molecule has 0 fully saturated rings. The minimum absolute atomic E-state index is 0.104. The van der Waals surface area contributed by atoms with E-state index in [9.17, 15) is 8.42 Å². The lowest BCUT2D eigenvalue weighted by atomic mass is 10.3. The molecule has 28 heavy (non-hydrogen) atoms. The van der Waals surface area contributed by atoms with Crippen LogP contribution < -0.4 is 20.1 Å². The smallest absolute Gasteiger partial charge is 0.240 e. The van der Waals surface area contributed by atoms with E-state index in [2.05, 4.69) is 25.3 Å². The van der Waals surface area contributed by atoms with E-state index in [1.807, 2.05) is 12.1 Å². The van der Waals surface area contributed by atoms with Gasteiger partial charge in [-0.2, -0.15) is 0 Å². The molecule has 0 radical (unpaired) electrons. The number of anilines is 4. The van der Waals surface area contributed by atoms with Gasteiger partial charge < -0.3 is 15.4 Å². The third-order valence-corrected chi connectivity index (χ3v) is 5.46. The van der Waals surface area contributed by atoms with Crippen molar-refractivity contribution in [2.45, 2.75) is 4.90 Å². The molecule has 1 aromatic heterocycles. The molecule has 0 aliphatic rings. The molecule has 3 N–H and O–H groups in total. The Morgan fingerprint density at radius 2 is 1.64 bits per heavy atom. The molecule has 0 spiro atoms. The molecule has 3 aromatic rings. The van der Waals surface area contributed by atoms with E-state index in [0.717, 1.165) is 5.69 Å². The highest BCUT2D eigenvalue weighted by Crippen LogP contribution is 2.30. The Hall–Kier alpha value is -2.88. The van der Waals surface area contributed by atoms with E-state index in [1.165, 1.54) is 32.6 Å². The number of hydrogen-bond donors (Lipinski definition) is 3. The first-order chi connectivity index (χ1) is 13.4. The van der Waals surface area contributed by atoms with Gasteiger partial charge in [-0.05, 0) is 49.5 Å². The Morgan fingerprint density at radius 1 is 0.964 bits per heavy atom. The molecule has 0 bridgehead atoms. The van der Waals surface area contributed by atoms with Gasteiger partial charge in [0.25, 0.3) is 0 Å². The van der Waals surface area contributed by atoms with Gasteiger partial charge in [-0.1, -0.05) is 11.6 Å². The molecule has 8 nitrogen and oxygen atoms in total. The number of hydrogen-bond acceptors (Lipinski definition) is 7. The average Bonchev–Trinajstić information content (AvgIpc) is 2.70. The zero-order valence-electron chi connectivity index (χ0n) is 15.1. The standard InChI is InChI=1S/C18H18ClN5O3S/c1-20-28(25,26)14-7-8-16(27-2)15(9-14)24-18-10-17(21-11-22-18)23-13-5-3-12(19)4-6-13/h3-11,20H,1-2H3,(H2,21,22,23,24). The monoisotopic (exact) mass is 419 g/mol. The van der Waals surface area contributed by atoms with Gasteiger partial charge >= 0.3 is 0 Å². The van der Waals surface area contributed by atoms with E-state index < -0.39 is 10.0 Å². The first kappa shape index (κ1) is 19.9. The van der Waals surface area contributed by atoms with E-state index in [-0.39, 0.29) is 4.90 Å². The number of halogens is 1. The minimum atomic E-state index is -3.59. The molecule has 3 rings (SSSR count). The topological polar surface area (TPSA) is 105 Å². The number of nitrogens with one attached hydrogen (secondary N) is 3. The molecule has 0 atom stereocenters. The van der Waals surface area contributed by atoms with Crippen LogP contribution in [0.25, 0.3) is 0 Å². The maximum Gasteiger partial charge on any atom is 0.240 e. The molecular formula is C18H18ClN5O3S. The van der Waals surface area contributed by atoms with Gasteiger partial charge in [0.15, 0.2) is 0 Å². The lowest BCUT2D eigenvalue weighted by molar-refractivity contribution is 0.416. The summed E-state index contributed by atoms with van der Waals surface area (Å²) in [5.74, 6) is 1.49. The number of ether oxygens (including phenoxy) is 1. The van der Waals surface area contributed by atoms with Crippen molar-refractivity contribution in [1.82, 2.24) is 14.7 Å². The lowest BCUT2D eigenvalue weighted by Crippen LogP contribution is -2.18. The Balaban J connectivity index is 1.87. The summed E-state index contributed by atoms with van der Waals surface area (Å²) in [7, 11) is -0.739. The molecule has 2 aromatic carbocycles. The number of nitrogens with zero attached hydrogens (tertiary/aromatic N) is 2. The van der Waals surface area contributed by atoms with Gasteiger partial charge in [-0.15, -0.1) is 0 Å². The second kappa shape index (κ2) is 8.42. The second-order valence-electron chi connectivity index (χ2n) is 5.62. The molecule has 0 aliphatic carbocycles. The van der Waals surface area contributed by atoms with Crippen molar-refractivity contribution in [1.29, 1.82) is 0 Å². The fourth-order valence-corrected chi connectivity index (χ4v) is 3.26. The highest BCUT2D eigenvalue weighted by atomic mass is 35.5. The first-order valence-corrected chi connectivity index (χ1v) is 10.0. The number of rotatable bonds is 7. The average molecular weight is 420 g/mol. The fourth-order valence-electron chi connectivity index (χ4n) is 2.38. The van der Waals surface area contributed by atoms with Gasteiger partial charge in [0, 0.05) is 16.8 Å². The third-order valence-electron chi connectivity index (χ3n) is 3.80. The van der Waals surface area contributed by atoms with Crippen molar-refractivity contribution in [3.8, 4) is 5.75 Å². The molecule has 1 heterocycles. The predicted molar refractivity (Wildman–Crippen MR) is 109 cm³/mol. The van der Waals surface area contributed by atoms with Crippen molar-refractivity contribution in [3.63, 3.8) is 0 Å². The third kappa shape index (κ3) is 4.69. The highest BCUT2D eigenvalue weighted by Gasteiger charge is 2.15. The predicted octanol–water partition coefficient (Wildman–Crippen LogP) is 3.53. The van der Waals surface area contributed by atoms with Crippen LogP contribution in [0.15, 0.2) is 59.8 Å². The van der Waals surface area contributed by atoms with E-state index >= 15 is 0 Å². The number of methoxy groups -OCH3 is 1. The first-order valence-electron chi connectivity index (χ1n) is 8.14. The normalized spacial score (nSPS) is 11.1. The van der Waals surface area contributed by atoms with Crippen molar-refractivity contribution in [2.75, 3.05) is 24.8 Å². The second-order valence-corrected chi connectivity index (χ2v) is 7.94. The molecule has 146 valence electrons. The van der Waals surface area contributed by atoms with Crippen LogP contribution in [0.2, 0.25) is 5.02 Å². The van der Waals surface area contributed by atoms with Crippen LogP contribution in [-0.4, -0.2) is 32.5 Å². The summed E-state index contributed by atoms with van der Waals surface area (Å²) in [5, 5.41) is 6.85. The number of benzene rings is 2. The van der Waals surface area contributed by atoms with Gasteiger partial charge in [0.05, 0.1) is 17.7 Å². The van der Waals surface area contributed by atoms with E-state index in [1.54, 1.807) is 24.3 Å². The highest BCUT2D eigenvalue weighted by molar-refractivity contribution is 7.89. The SMILES string of the molecule is CNS(=O)(=O)c1ccc(OC)c(Nc2cc(Nc3ccc(Cl)cc3)ncn2)c1.